The first-order valence-corrected chi connectivity index (χ1v) is 15.7. The highest BCUT2D eigenvalue weighted by Gasteiger charge is 2.23. The van der Waals surface area contributed by atoms with Gasteiger partial charge in [0, 0.05) is 46.6 Å². The molecule has 43 heavy (non-hydrogen) atoms. The SMILES string of the molecule is CCN(CC)CCCCn1ccc2cc(-c3cc(Nc4ccc(NS(=O)(=O)c5c(F)cccc5F)cc4)ncn3)ccc21. The van der Waals surface area contributed by atoms with Crippen LogP contribution in [-0.4, -0.2) is 47.5 Å². The first-order valence-electron chi connectivity index (χ1n) is 14.2. The number of halogens is 2. The Morgan fingerprint density at radius 2 is 1.58 bits per heavy atom. The summed E-state index contributed by atoms with van der Waals surface area (Å²) in [4.78, 5) is 10.2. The summed E-state index contributed by atoms with van der Waals surface area (Å²) in [7, 11) is -4.45. The highest BCUT2D eigenvalue weighted by molar-refractivity contribution is 7.92. The zero-order valence-electron chi connectivity index (χ0n) is 24.1. The summed E-state index contributed by atoms with van der Waals surface area (Å²) in [6.07, 6.45) is 5.91. The lowest BCUT2D eigenvalue weighted by Crippen LogP contribution is -2.24. The fourth-order valence-corrected chi connectivity index (χ4v) is 6.21. The van der Waals surface area contributed by atoms with Crippen molar-refractivity contribution in [2.45, 2.75) is 38.1 Å². The van der Waals surface area contributed by atoms with Crippen molar-refractivity contribution in [2.75, 3.05) is 29.7 Å². The zero-order chi connectivity index (χ0) is 30.4. The van der Waals surface area contributed by atoms with Crippen molar-refractivity contribution >= 4 is 38.1 Å². The lowest BCUT2D eigenvalue weighted by Gasteiger charge is -2.17. The number of nitrogens with one attached hydrogen (secondary N) is 2. The van der Waals surface area contributed by atoms with Crippen molar-refractivity contribution in [1.82, 2.24) is 19.4 Å². The first kappa shape index (κ1) is 30.1. The van der Waals surface area contributed by atoms with Gasteiger partial charge in [0.2, 0.25) is 0 Å². The van der Waals surface area contributed by atoms with Crippen LogP contribution in [0.5, 0.6) is 0 Å². The zero-order valence-corrected chi connectivity index (χ0v) is 24.9. The van der Waals surface area contributed by atoms with E-state index in [0.717, 1.165) is 67.4 Å². The lowest BCUT2D eigenvalue weighted by molar-refractivity contribution is 0.294. The van der Waals surface area contributed by atoms with E-state index in [2.05, 4.69) is 73.8 Å². The molecule has 224 valence electrons. The van der Waals surface area contributed by atoms with Crippen molar-refractivity contribution in [2.24, 2.45) is 0 Å². The minimum absolute atomic E-state index is 0.153. The van der Waals surface area contributed by atoms with Crippen LogP contribution in [0.4, 0.5) is 26.0 Å². The molecule has 0 radical (unpaired) electrons. The number of benzene rings is 3. The van der Waals surface area contributed by atoms with Crippen LogP contribution in [0.15, 0.2) is 90.2 Å². The summed E-state index contributed by atoms with van der Waals surface area (Å²) in [5.74, 6) is -1.77. The van der Waals surface area contributed by atoms with E-state index in [1.54, 1.807) is 12.1 Å². The van der Waals surface area contributed by atoms with Gasteiger partial charge in [-0.2, -0.15) is 0 Å². The number of nitrogens with zero attached hydrogens (tertiary/aromatic N) is 4. The van der Waals surface area contributed by atoms with Gasteiger partial charge in [-0.3, -0.25) is 4.72 Å². The predicted octanol–water partition coefficient (Wildman–Crippen LogP) is 7.04. The molecule has 0 saturated heterocycles. The maximum Gasteiger partial charge on any atom is 0.267 e. The molecule has 2 heterocycles. The maximum atomic E-state index is 14.0. The number of fused-ring (bicyclic) bond motifs is 1. The molecule has 0 aliphatic rings. The van der Waals surface area contributed by atoms with Crippen LogP contribution in [-0.2, 0) is 16.6 Å². The van der Waals surface area contributed by atoms with Crippen LogP contribution in [0.2, 0.25) is 0 Å². The van der Waals surface area contributed by atoms with Gasteiger partial charge in [-0.05, 0) is 87.1 Å². The van der Waals surface area contributed by atoms with Crippen molar-refractivity contribution in [3.05, 3.63) is 97.0 Å². The third kappa shape index (κ3) is 7.18. The molecule has 0 spiro atoms. The monoisotopic (exact) mass is 604 g/mol. The Kier molecular flexibility index (Phi) is 9.32. The van der Waals surface area contributed by atoms with Gasteiger partial charge < -0.3 is 14.8 Å². The van der Waals surface area contributed by atoms with Crippen LogP contribution in [0.3, 0.4) is 0 Å². The van der Waals surface area contributed by atoms with E-state index in [1.807, 2.05) is 6.07 Å². The largest absolute Gasteiger partial charge is 0.347 e. The Balaban J connectivity index is 1.24. The second kappa shape index (κ2) is 13.3. The topological polar surface area (TPSA) is 92.2 Å². The van der Waals surface area contributed by atoms with Gasteiger partial charge in [0.15, 0.2) is 4.90 Å². The Morgan fingerprint density at radius 1 is 0.860 bits per heavy atom. The maximum absolute atomic E-state index is 14.0. The standard InChI is InChI=1S/C32H34F2N6O2S/c1-3-39(4-2)17-5-6-18-40-19-16-24-20-23(10-15-30(24)40)29-21-31(36-22-35-29)37-25-11-13-26(14-12-25)38-43(41,42)32-27(33)8-7-9-28(32)34/h7-16,19-22,38H,3-6,17-18H2,1-2H3,(H,35,36,37). The number of hydrogen-bond acceptors (Lipinski definition) is 6. The molecule has 11 heteroatoms. The van der Waals surface area contributed by atoms with Crippen molar-refractivity contribution < 1.29 is 17.2 Å². The number of unbranched alkanes of at least 4 members (excludes halogenated alkanes) is 1. The third-order valence-corrected chi connectivity index (χ3v) is 8.78. The van der Waals surface area contributed by atoms with E-state index in [-0.39, 0.29) is 5.69 Å². The fourth-order valence-electron chi connectivity index (χ4n) is 5.01. The van der Waals surface area contributed by atoms with E-state index >= 15 is 0 Å². The molecule has 5 aromatic rings. The lowest BCUT2D eigenvalue weighted by atomic mass is 10.1. The van der Waals surface area contributed by atoms with E-state index in [0.29, 0.717) is 11.5 Å². The molecule has 0 saturated carbocycles. The second-order valence-electron chi connectivity index (χ2n) is 10.2. The average molecular weight is 605 g/mol. The fraction of sp³-hybridized carbons (Fsp3) is 0.250. The van der Waals surface area contributed by atoms with Crippen LogP contribution in [0, 0.1) is 11.6 Å². The van der Waals surface area contributed by atoms with Gasteiger partial charge in [0.1, 0.15) is 23.8 Å². The number of aryl methyl sites for hydroxylation is 1. The summed E-state index contributed by atoms with van der Waals surface area (Å²) in [6.45, 7) is 8.68. The molecule has 2 aromatic heterocycles. The smallest absolute Gasteiger partial charge is 0.267 e. The molecule has 5 rings (SSSR count). The Bertz CT molecular complexity index is 1780. The number of hydrogen-bond donors (Lipinski definition) is 2. The molecule has 3 aromatic carbocycles. The van der Waals surface area contributed by atoms with E-state index in [1.165, 1.54) is 30.4 Å². The van der Waals surface area contributed by atoms with Crippen molar-refractivity contribution in [1.29, 1.82) is 0 Å². The molecule has 0 amide bonds. The molecule has 2 N–H and O–H groups in total. The van der Waals surface area contributed by atoms with Gasteiger partial charge >= 0.3 is 0 Å². The molecule has 0 bridgehead atoms. The summed E-state index contributed by atoms with van der Waals surface area (Å²) >= 11 is 0. The molecule has 0 atom stereocenters. The molecule has 0 fully saturated rings. The molecule has 0 unspecified atom stereocenters. The first-order chi connectivity index (χ1) is 20.8. The predicted molar refractivity (Wildman–Crippen MR) is 167 cm³/mol. The van der Waals surface area contributed by atoms with E-state index in [9.17, 15) is 17.2 Å². The van der Waals surface area contributed by atoms with Crippen molar-refractivity contribution in [3.63, 3.8) is 0 Å². The number of sulfonamides is 1. The number of anilines is 3. The minimum Gasteiger partial charge on any atom is -0.347 e. The Morgan fingerprint density at radius 3 is 2.30 bits per heavy atom. The van der Waals surface area contributed by atoms with Crippen LogP contribution in [0.25, 0.3) is 22.2 Å². The minimum atomic E-state index is -4.45. The third-order valence-electron chi connectivity index (χ3n) is 7.35. The van der Waals surface area contributed by atoms with Gasteiger partial charge in [-0.15, -0.1) is 0 Å². The Hall–Kier alpha value is -4.35. The second-order valence-corrected chi connectivity index (χ2v) is 11.8. The highest BCUT2D eigenvalue weighted by atomic mass is 32.2. The Labute approximate surface area is 250 Å². The van der Waals surface area contributed by atoms with E-state index < -0.39 is 26.6 Å². The number of rotatable bonds is 13. The molecular formula is C32H34F2N6O2S. The summed E-state index contributed by atoms with van der Waals surface area (Å²) in [5.41, 5.74) is 3.69. The highest BCUT2D eigenvalue weighted by Crippen LogP contribution is 2.27. The van der Waals surface area contributed by atoms with Gasteiger partial charge in [0.05, 0.1) is 5.69 Å². The van der Waals surface area contributed by atoms with Gasteiger partial charge in [-0.1, -0.05) is 26.0 Å². The van der Waals surface area contributed by atoms with Crippen LogP contribution in [0.1, 0.15) is 26.7 Å². The van der Waals surface area contributed by atoms with Crippen molar-refractivity contribution in [3.8, 4) is 11.3 Å². The summed E-state index contributed by atoms with van der Waals surface area (Å²) < 4.78 is 57.6. The molecule has 0 aliphatic heterocycles. The summed E-state index contributed by atoms with van der Waals surface area (Å²) in [6, 6.07) is 19.4. The molecule has 0 aliphatic carbocycles. The van der Waals surface area contributed by atoms with Gasteiger partial charge in [-0.25, -0.2) is 27.2 Å². The quantitative estimate of drug-likeness (QED) is 0.140. The number of aromatic nitrogens is 3. The van der Waals surface area contributed by atoms with Gasteiger partial charge in [0.25, 0.3) is 10.0 Å². The van der Waals surface area contributed by atoms with E-state index in [4.69, 9.17) is 0 Å². The van der Waals surface area contributed by atoms with Crippen LogP contribution < -0.4 is 10.0 Å². The molecule has 8 nitrogen and oxygen atoms in total. The average Bonchev–Trinajstić information content (AvgIpc) is 3.40. The summed E-state index contributed by atoms with van der Waals surface area (Å²) in [5, 5.41) is 4.33. The normalized spacial score (nSPS) is 11.7. The van der Waals surface area contributed by atoms with Crippen LogP contribution >= 0.6 is 0 Å². The molecular weight excluding hydrogens is 570 g/mol.